The van der Waals surface area contributed by atoms with Crippen molar-refractivity contribution in [3.05, 3.63) is 29.3 Å². The Morgan fingerprint density at radius 3 is 2.81 bits per heavy atom. The van der Waals surface area contributed by atoms with Gasteiger partial charge < -0.3 is 4.74 Å². The van der Waals surface area contributed by atoms with E-state index < -0.39 is 10.0 Å². The largest absolute Gasteiger partial charge is 0.377 e. The fraction of sp³-hybridized carbons (Fsp3) is 0.533. The second-order valence-corrected chi connectivity index (χ2v) is 7.38. The maximum Gasteiger partial charge on any atom is 0.243 e. The third-order valence-electron chi connectivity index (χ3n) is 3.74. The molecule has 1 heterocycles. The Morgan fingerprint density at radius 1 is 1.43 bits per heavy atom. The van der Waals surface area contributed by atoms with Crippen LogP contribution in [-0.2, 0) is 14.8 Å². The number of hydrogen-bond acceptors (Lipinski definition) is 4. The minimum absolute atomic E-state index is 0.0435. The van der Waals surface area contributed by atoms with E-state index in [1.165, 1.54) is 10.4 Å². The summed E-state index contributed by atoms with van der Waals surface area (Å²) in [6, 6.07) is 6.70. The number of likely N-dealkylation sites (N-methyl/N-ethyl adjacent to an activating group) is 1. The molecule has 1 aliphatic heterocycles. The second-order valence-electron chi connectivity index (χ2n) is 5.37. The molecule has 114 valence electrons. The molecule has 0 amide bonds. The van der Waals surface area contributed by atoms with Crippen molar-refractivity contribution in [2.24, 2.45) is 0 Å². The first kappa shape index (κ1) is 16.0. The van der Waals surface area contributed by atoms with Crippen molar-refractivity contribution in [1.29, 1.82) is 5.26 Å². The van der Waals surface area contributed by atoms with Crippen LogP contribution in [0.3, 0.4) is 0 Å². The highest BCUT2D eigenvalue weighted by Gasteiger charge is 2.26. The lowest BCUT2D eigenvalue weighted by Crippen LogP contribution is -2.37. The van der Waals surface area contributed by atoms with Crippen molar-refractivity contribution in [3.63, 3.8) is 0 Å². The van der Waals surface area contributed by atoms with Crippen molar-refractivity contribution >= 4 is 10.0 Å². The zero-order valence-corrected chi connectivity index (χ0v) is 13.2. The van der Waals surface area contributed by atoms with Gasteiger partial charge in [0.05, 0.1) is 22.6 Å². The van der Waals surface area contributed by atoms with Crippen molar-refractivity contribution in [2.75, 3.05) is 20.2 Å². The molecule has 0 spiro atoms. The van der Waals surface area contributed by atoms with Gasteiger partial charge in [0.25, 0.3) is 0 Å². The van der Waals surface area contributed by atoms with Crippen LogP contribution in [0.15, 0.2) is 23.1 Å². The molecule has 0 saturated carbocycles. The number of sulfonamides is 1. The van der Waals surface area contributed by atoms with Gasteiger partial charge >= 0.3 is 0 Å². The van der Waals surface area contributed by atoms with Crippen LogP contribution in [0.5, 0.6) is 0 Å². The van der Waals surface area contributed by atoms with Gasteiger partial charge in [-0.1, -0.05) is 6.07 Å². The lowest BCUT2D eigenvalue weighted by Gasteiger charge is -2.27. The summed E-state index contributed by atoms with van der Waals surface area (Å²) in [6.45, 7) is 2.78. The lowest BCUT2D eigenvalue weighted by molar-refractivity contribution is 0.00858. The number of nitrogens with zero attached hydrogens (tertiary/aromatic N) is 2. The first-order valence-electron chi connectivity index (χ1n) is 7.04. The lowest BCUT2D eigenvalue weighted by atomic mass is 10.1. The van der Waals surface area contributed by atoms with Gasteiger partial charge in [0, 0.05) is 20.2 Å². The molecule has 2 rings (SSSR count). The molecular formula is C15H20N2O3S. The summed E-state index contributed by atoms with van der Waals surface area (Å²) in [6.07, 6.45) is 2.95. The molecule has 21 heavy (non-hydrogen) atoms. The average Bonchev–Trinajstić information content (AvgIpc) is 2.48. The molecule has 0 aliphatic carbocycles. The Bertz CT molecular complexity index is 643. The molecule has 1 aromatic rings. The van der Waals surface area contributed by atoms with Gasteiger partial charge in [0.15, 0.2) is 0 Å². The minimum atomic E-state index is -3.60. The molecule has 5 nitrogen and oxygen atoms in total. The van der Waals surface area contributed by atoms with Gasteiger partial charge in [-0.25, -0.2) is 8.42 Å². The zero-order valence-electron chi connectivity index (χ0n) is 12.4. The molecule has 0 aromatic heterocycles. The van der Waals surface area contributed by atoms with Crippen LogP contribution in [0.25, 0.3) is 0 Å². The fourth-order valence-electron chi connectivity index (χ4n) is 2.45. The Labute approximate surface area is 126 Å². The summed E-state index contributed by atoms with van der Waals surface area (Å²) in [7, 11) is -2.04. The Morgan fingerprint density at radius 2 is 2.19 bits per heavy atom. The minimum Gasteiger partial charge on any atom is -0.377 e. The van der Waals surface area contributed by atoms with E-state index in [0.29, 0.717) is 24.3 Å². The number of rotatable bonds is 4. The van der Waals surface area contributed by atoms with Crippen LogP contribution >= 0.6 is 0 Å². The fourth-order valence-corrected chi connectivity index (χ4v) is 3.90. The van der Waals surface area contributed by atoms with Crippen molar-refractivity contribution in [1.82, 2.24) is 4.31 Å². The molecular weight excluding hydrogens is 288 g/mol. The summed E-state index contributed by atoms with van der Waals surface area (Å²) < 4.78 is 32.2. The summed E-state index contributed by atoms with van der Waals surface area (Å²) in [5.41, 5.74) is 0.993. The van der Waals surface area contributed by atoms with Crippen molar-refractivity contribution in [2.45, 2.75) is 37.2 Å². The van der Waals surface area contributed by atoms with Crippen molar-refractivity contribution < 1.29 is 13.2 Å². The summed E-state index contributed by atoms with van der Waals surface area (Å²) in [4.78, 5) is 0.194. The SMILES string of the molecule is Cc1ccc(C#N)cc1S(=O)(=O)N(C)CC1CCCCO1. The third kappa shape index (κ3) is 3.62. The van der Waals surface area contributed by atoms with E-state index in [1.807, 2.05) is 6.07 Å². The molecule has 1 saturated heterocycles. The number of hydrogen-bond donors (Lipinski definition) is 0. The molecule has 0 N–H and O–H groups in total. The Kier molecular flexibility index (Phi) is 4.99. The second kappa shape index (κ2) is 6.56. The molecule has 1 fully saturated rings. The van der Waals surface area contributed by atoms with E-state index in [9.17, 15) is 8.42 Å². The van der Waals surface area contributed by atoms with Gasteiger partial charge in [-0.2, -0.15) is 9.57 Å². The molecule has 1 aromatic carbocycles. The Balaban J connectivity index is 2.22. The van der Waals surface area contributed by atoms with E-state index >= 15 is 0 Å². The maximum absolute atomic E-state index is 12.7. The van der Waals surface area contributed by atoms with Crippen LogP contribution in [0.2, 0.25) is 0 Å². The average molecular weight is 308 g/mol. The molecule has 0 radical (unpaired) electrons. The summed E-state index contributed by atoms with van der Waals surface area (Å²) in [5, 5.41) is 8.94. The van der Waals surface area contributed by atoms with E-state index in [1.54, 1.807) is 26.1 Å². The predicted octanol–water partition coefficient (Wildman–Crippen LogP) is 2.06. The van der Waals surface area contributed by atoms with Crippen molar-refractivity contribution in [3.8, 4) is 6.07 Å². The van der Waals surface area contributed by atoms with Gasteiger partial charge in [0.2, 0.25) is 10.0 Å². The monoisotopic (exact) mass is 308 g/mol. The maximum atomic E-state index is 12.7. The number of ether oxygens (including phenoxy) is 1. The van der Waals surface area contributed by atoms with Crippen LogP contribution < -0.4 is 0 Å². The Hall–Kier alpha value is -1.42. The zero-order chi connectivity index (χ0) is 15.5. The topological polar surface area (TPSA) is 70.4 Å². The quantitative estimate of drug-likeness (QED) is 0.853. The van der Waals surface area contributed by atoms with Gasteiger partial charge in [-0.3, -0.25) is 0 Å². The van der Waals surface area contributed by atoms with E-state index in [-0.39, 0.29) is 11.0 Å². The van der Waals surface area contributed by atoms with Gasteiger partial charge in [0.1, 0.15) is 0 Å². The standard InChI is InChI=1S/C15H20N2O3S/c1-12-6-7-13(10-16)9-15(12)21(18,19)17(2)11-14-5-3-4-8-20-14/h6-7,9,14H,3-5,8,11H2,1-2H3. The molecule has 1 atom stereocenters. The smallest absolute Gasteiger partial charge is 0.243 e. The van der Waals surface area contributed by atoms with E-state index in [2.05, 4.69) is 0 Å². The van der Waals surface area contributed by atoms with E-state index in [0.717, 1.165) is 19.3 Å². The number of benzene rings is 1. The van der Waals surface area contributed by atoms with Crippen LogP contribution in [0.1, 0.15) is 30.4 Å². The molecule has 0 bridgehead atoms. The summed E-state index contributed by atoms with van der Waals surface area (Å²) >= 11 is 0. The molecule has 1 aliphatic rings. The van der Waals surface area contributed by atoms with Crippen LogP contribution in [-0.4, -0.2) is 39.0 Å². The highest BCUT2D eigenvalue weighted by atomic mass is 32.2. The van der Waals surface area contributed by atoms with Gasteiger partial charge in [-0.15, -0.1) is 0 Å². The first-order chi connectivity index (χ1) is 9.95. The number of aryl methyl sites for hydroxylation is 1. The van der Waals surface area contributed by atoms with Crippen LogP contribution in [0, 0.1) is 18.3 Å². The molecule has 6 heteroatoms. The highest BCUT2D eigenvalue weighted by molar-refractivity contribution is 7.89. The van der Waals surface area contributed by atoms with Crippen LogP contribution in [0.4, 0.5) is 0 Å². The third-order valence-corrected chi connectivity index (χ3v) is 5.71. The summed E-state index contributed by atoms with van der Waals surface area (Å²) in [5.74, 6) is 0. The highest BCUT2D eigenvalue weighted by Crippen LogP contribution is 2.22. The van der Waals surface area contributed by atoms with Gasteiger partial charge in [-0.05, 0) is 43.9 Å². The predicted molar refractivity (Wildman–Crippen MR) is 79.3 cm³/mol. The first-order valence-corrected chi connectivity index (χ1v) is 8.48. The number of nitriles is 1. The normalized spacial score (nSPS) is 19.4. The molecule has 1 unspecified atom stereocenters. The van der Waals surface area contributed by atoms with E-state index in [4.69, 9.17) is 10.00 Å².